The standard InChI is InChI=1S/C13H14F3N3O/c1-17-10(9-5-3-2-4-6-9)7-12-18-11(19-20-12)8-13(14,15)16/h2-6,10,17H,7-8H2,1H3. The summed E-state index contributed by atoms with van der Waals surface area (Å²) in [5, 5.41) is 6.42. The second-order valence-electron chi connectivity index (χ2n) is 4.35. The Morgan fingerprint density at radius 3 is 2.55 bits per heavy atom. The number of aromatic nitrogens is 2. The molecule has 2 rings (SSSR count). The molecule has 0 fully saturated rings. The molecule has 1 unspecified atom stereocenters. The molecule has 0 radical (unpaired) electrons. The number of benzene rings is 1. The van der Waals surface area contributed by atoms with Crippen LogP contribution in [0.4, 0.5) is 13.2 Å². The molecule has 0 saturated heterocycles. The summed E-state index contributed by atoms with van der Waals surface area (Å²) in [7, 11) is 1.77. The summed E-state index contributed by atoms with van der Waals surface area (Å²) in [6.07, 6.45) is -5.17. The van der Waals surface area contributed by atoms with Crippen LogP contribution in [-0.4, -0.2) is 23.4 Å². The largest absolute Gasteiger partial charge is 0.396 e. The molecule has 20 heavy (non-hydrogen) atoms. The monoisotopic (exact) mass is 285 g/mol. The van der Waals surface area contributed by atoms with Crippen LogP contribution < -0.4 is 5.32 Å². The molecule has 0 spiro atoms. The molecule has 1 N–H and O–H groups in total. The zero-order chi connectivity index (χ0) is 14.6. The highest BCUT2D eigenvalue weighted by Gasteiger charge is 2.30. The third kappa shape index (κ3) is 4.06. The molecule has 2 aromatic rings. The van der Waals surface area contributed by atoms with Crippen LogP contribution in [0.15, 0.2) is 34.9 Å². The summed E-state index contributed by atoms with van der Waals surface area (Å²) < 4.78 is 41.5. The molecule has 7 heteroatoms. The van der Waals surface area contributed by atoms with Gasteiger partial charge in [0.15, 0.2) is 5.82 Å². The van der Waals surface area contributed by atoms with Crippen LogP contribution >= 0.6 is 0 Å². The molecule has 1 heterocycles. The van der Waals surface area contributed by atoms with Crippen LogP contribution in [0.1, 0.15) is 23.3 Å². The van der Waals surface area contributed by atoms with Gasteiger partial charge in [-0.15, -0.1) is 0 Å². The van der Waals surface area contributed by atoms with Gasteiger partial charge in [-0.3, -0.25) is 0 Å². The third-order valence-corrected chi connectivity index (χ3v) is 2.80. The first-order chi connectivity index (χ1) is 9.48. The second-order valence-corrected chi connectivity index (χ2v) is 4.35. The van der Waals surface area contributed by atoms with Crippen LogP contribution in [0.3, 0.4) is 0 Å². The smallest absolute Gasteiger partial charge is 0.339 e. The van der Waals surface area contributed by atoms with Crippen molar-refractivity contribution in [2.75, 3.05) is 7.05 Å². The molecule has 1 aromatic heterocycles. The van der Waals surface area contributed by atoms with Gasteiger partial charge in [-0.2, -0.15) is 18.2 Å². The zero-order valence-corrected chi connectivity index (χ0v) is 10.8. The average Bonchev–Trinajstić information content (AvgIpc) is 2.82. The molecule has 0 aliphatic carbocycles. The molecule has 108 valence electrons. The minimum absolute atomic E-state index is 0.0876. The number of halogens is 3. The number of hydrogen-bond donors (Lipinski definition) is 1. The number of hydrogen-bond acceptors (Lipinski definition) is 4. The zero-order valence-electron chi connectivity index (χ0n) is 10.8. The summed E-state index contributed by atoms with van der Waals surface area (Å²) in [5.74, 6) is -0.150. The fourth-order valence-electron chi connectivity index (χ4n) is 1.87. The van der Waals surface area contributed by atoms with Crippen LogP contribution in [0, 0.1) is 0 Å². The van der Waals surface area contributed by atoms with E-state index in [-0.39, 0.29) is 17.8 Å². The third-order valence-electron chi connectivity index (χ3n) is 2.80. The van der Waals surface area contributed by atoms with Gasteiger partial charge in [0.05, 0.1) is 0 Å². The second kappa shape index (κ2) is 6.04. The highest BCUT2D eigenvalue weighted by molar-refractivity contribution is 5.19. The number of alkyl halides is 3. The predicted molar refractivity (Wildman–Crippen MR) is 66.0 cm³/mol. The normalized spacial score (nSPS) is 13.4. The van der Waals surface area contributed by atoms with Crippen molar-refractivity contribution in [3.05, 3.63) is 47.6 Å². The minimum atomic E-state index is -4.33. The van der Waals surface area contributed by atoms with E-state index in [1.807, 2.05) is 30.3 Å². The molecule has 1 atom stereocenters. The number of nitrogens with one attached hydrogen (secondary N) is 1. The maximum Gasteiger partial charge on any atom is 0.396 e. The van der Waals surface area contributed by atoms with Crippen molar-refractivity contribution in [2.45, 2.75) is 25.1 Å². The lowest BCUT2D eigenvalue weighted by Crippen LogP contribution is -2.19. The number of rotatable bonds is 5. The van der Waals surface area contributed by atoms with E-state index in [0.717, 1.165) is 5.56 Å². The van der Waals surface area contributed by atoms with E-state index in [4.69, 9.17) is 4.52 Å². The fourth-order valence-corrected chi connectivity index (χ4v) is 1.87. The van der Waals surface area contributed by atoms with Gasteiger partial charge in [-0.25, -0.2) is 0 Å². The molecule has 0 bridgehead atoms. The van der Waals surface area contributed by atoms with Crippen molar-refractivity contribution < 1.29 is 17.7 Å². The Bertz CT molecular complexity index is 539. The van der Waals surface area contributed by atoms with Gasteiger partial charge in [0.2, 0.25) is 5.89 Å². The highest BCUT2D eigenvalue weighted by atomic mass is 19.4. The lowest BCUT2D eigenvalue weighted by Gasteiger charge is -2.13. The topological polar surface area (TPSA) is 51.0 Å². The van der Waals surface area contributed by atoms with Gasteiger partial charge in [-0.05, 0) is 12.6 Å². The Kier molecular flexibility index (Phi) is 4.39. The van der Waals surface area contributed by atoms with E-state index < -0.39 is 12.6 Å². The van der Waals surface area contributed by atoms with Crippen LogP contribution in [0.2, 0.25) is 0 Å². The summed E-state index contributed by atoms with van der Waals surface area (Å²) in [5.41, 5.74) is 1.01. The van der Waals surface area contributed by atoms with E-state index in [1.165, 1.54) is 0 Å². The van der Waals surface area contributed by atoms with Crippen molar-refractivity contribution in [3.8, 4) is 0 Å². The Morgan fingerprint density at radius 1 is 1.25 bits per heavy atom. The average molecular weight is 285 g/mol. The SMILES string of the molecule is CNC(Cc1nc(CC(F)(F)F)no1)c1ccccc1. The lowest BCUT2D eigenvalue weighted by atomic mass is 10.0. The molecular formula is C13H14F3N3O. The summed E-state index contributed by atoms with van der Waals surface area (Å²) >= 11 is 0. The molecule has 1 aromatic carbocycles. The van der Waals surface area contributed by atoms with E-state index in [1.54, 1.807) is 7.05 Å². The van der Waals surface area contributed by atoms with Gasteiger partial charge >= 0.3 is 6.18 Å². The minimum Gasteiger partial charge on any atom is -0.339 e. The predicted octanol–water partition coefficient (Wildman–Crippen LogP) is 2.68. The molecular weight excluding hydrogens is 271 g/mol. The van der Waals surface area contributed by atoms with Gasteiger partial charge in [0.25, 0.3) is 0 Å². The van der Waals surface area contributed by atoms with Crippen molar-refractivity contribution >= 4 is 0 Å². The summed E-state index contributed by atoms with van der Waals surface area (Å²) in [4.78, 5) is 3.77. The number of nitrogens with zero attached hydrogens (tertiary/aromatic N) is 2. The molecule has 4 nitrogen and oxygen atoms in total. The Hall–Kier alpha value is -1.89. The van der Waals surface area contributed by atoms with Crippen LogP contribution in [-0.2, 0) is 12.8 Å². The van der Waals surface area contributed by atoms with Crippen molar-refractivity contribution in [1.82, 2.24) is 15.5 Å². The van der Waals surface area contributed by atoms with E-state index in [2.05, 4.69) is 15.5 Å². The lowest BCUT2D eigenvalue weighted by molar-refractivity contribution is -0.128. The summed E-state index contributed by atoms with van der Waals surface area (Å²) in [6, 6.07) is 9.44. The van der Waals surface area contributed by atoms with Crippen molar-refractivity contribution in [1.29, 1.82) is 0 Å². The molecule has 0 aliphatic rings. The van der Waals surface area contributed by atoms with Crippen LogP contribution in [0.25, 0.3) is 0 Å². The first-order valence-electron chi connectivity index (χ1n) is 6.08. The van der Waals surface area contributed by atoms with E-state index >= 15 is 0 Å². The summed E-state index contributed by atoms with van der Waals surface area (Å²) in [6.45, 7) is 0. The Morgan fingerprint density at radius 2 is 1.95 bits per heavy atom. The fraction of sp³-hybridized carbons (Fsp3) is 0.385. The van der Waals surface area contributed by atoms with Gasteiger partial charge in [0.1, 0.15) is 6.42 Å². The van der Waals surface area contributed by atoms with E-state index in [0.29, 0.717) is 6.42 Å². The maximum atomic E-state index is 12.2. The first-order valence-corrected chi connectivity index (χ1v) is 6.08. The molecule has 0 aliphatic heterocycles. The maximum absolute atomic E-state index is 12.2. The van der Waals surface area contributed by atoms with Crippen molar-refractivity contribution in [2.24, 2.45) is 0 Å². The molecule has 0 saturated carbocycles. The number of likely N-dealkylation sites (N-methyl/N-ethyl adjacent to an activating group) is 1. The molecule has 0 amide bonds. The van der Waals surface area contributed by atoms with Crippen molar-refractivity contribution in [3.63, 3.8) is 0 Å². The van der Waals surface area contributed by atoms with Gasteiger partial charge < -0.3 is 9.84 Å². The first kappa shape index (κ1) is 14.5. The van der Waals surface area contributed by atoms with Gasteiger partial charge in [0, 0.05) is 12.5 Å². The Labute approximate surface area is 114 Å². The Balaban J connectivity index is 2.05. The highest BCUT2D eigenvalue weighted by Crippen LogP contribution is 2.21. The van der Waals surface area contributed by atoms with Crippen LogP contribution in [0.5, 0.6) is 0 Å². The van der Waals surface area contributed by atoms with Gasteiger partial charge in [-0.1, -0.05) is 35.5 Å². The quantitative estimate of drug-likeness (QED) is 0.917. The van der Waals surface area contributed by atoms with E-state index in [9.17, 15) is 13.2 Å².